The fourth-order valence-corrected chi connectivity index (χ4v) is 9.04. The van der Waals surface area contributed by atoms with E-state index in [2.05, 4.69) is 106 Å². The predicted molar refractivity (Wildman–Crippen MR) is 281 cm³/mol. The van der Waals surface area contributed by atoms with Gasteiger partial charge in [-0.1, -0.05) is 168 Å². The molecule has 66 heavy (non-hydrogen) atoms. The molecule has 0 radical (unpaired) electrons. The fourth-order valence-electron chi connectivity index (χ4n) is 9.04. The third-order valence-electron chi connectivity index (χ3n) is 12.9. The summed E-state index contributed by atoms with van der Waals surface area (Å²) in [5, 5.41) is 12.6. The number of fused-ring (bicyclic) bond motifs is 1. The van der Waals surface area contributed by atoms with Crippen molar-refractivity contribution in [2.24, 2.45) is 0 Å². The van der Waals surface area contributed by atoms with E-state index in [1.807, 2.05) is 91.2 Å². The van der Waals surface area contributed by atoms with Crippen molar-refractivity contribution in [1.82, 2.24) is 14.5 Å². The molecule has 0 unspecified atom stereocenters. The van der Waals surface area contributed by atoms with Crippen LogP contribution in [0, 0.1) is 13.7 Å². The number of hydrogen-bond donors (Lipinski definition) is 1. The number of nitrogens with zero attached hydrogens (tertiary/aromatic N) is 3. The van der Waals surface area contributed by atoms with E-state index in [1.54, 1.807) is 24.4 Å². The van der Waals surface area contributed by atoms with Crippen LogP contribution in [0.25, 0.3) is 72.7 Å². The van der Waals surface area contributed by atoms with Crippen molar-refractivity contribution >= 4 is 11.0 Å². The number of phenols is 1. The lowest BCUT2D eigenvalue weighted by molar-refractivity contribution is 0.446. The van der Waals surface area contributed by atoms with Crippen LogP contribution in [0.1, 0.15) is 150 Å². The smallest absolute Gasteiger partial charge is 0.149 e. The van der Waals surface area contributed by atoms with Gasteiger partial charge in [-0.3, -0.25) is 9.55 Å². The minimum Gasteiger partial charge on any atom is -0.507 e. The number of aromatic hydroxyl groups is 1. The molecular weight excluding hydrogens is 803 g/mol. The number of imidazole rings is 1. The molecule has 0 saturated heterocycles. The van der Waals surface area contributed by atoms with Gasteiger partial charge < -0.3 is 5.11 Å². The number of para-hydroxylation sites is 1. The highest BCUT2D eigenvalue weighted by Gasteiger charge is 2.29. The van der Waals surface area contributed by atoms with E-state index in [9.17, 15) is 10.6 Å². The number of rotatable bonds is 8. The Morgan fingerprint density at radius 1 is 0.591 bits per heavy atom. The Kier molecular flexibility index (Phi) is 9.87. The molecular formula is C62H69N3O. The van der Waals surface area contributed by atoms with E-state index in [0.717, 1.165) is 66.9 Å². The SMILES string of the molecule is [2H]C([2H])([2H])c1ccc(-c2ccnc(-c3cc(-c4cccc5c4nc(-c4cc(C(C)(C)C)cc(C(C)(C)C)c4O)n5-c4ccc(-c5c(C(C)C)cccc5C([2H])(C)C)cc4C([2H])([2H])[2H])cc(C(C)(C)C)c3)c2)cc1. The molecule has 2 aromatic heterocycles. The molecule has 0 aliphatic carbocycles. The Morgan fingerprint density at radius 3 is 1.91 bits per heavy atom. The molecule has 0 aliphatic rings. The first-order valence-corrected chi connectivity index (χ1v) is 23.2. The quantitative estimate of drug-likeness (QED) is 0.165. The van der Waals surface area contributed by atoms with Crippen molar-refractivity contribution in [3.05, 3.63) is 166 Å². The zero-order valence-electron chi connectivity index (χ0n) is 48.0. The topological polar surface area (TPSA) is 50.9 Å². The maximum absolute atomic E-state index is 12.6. The predicted octanol–water partition coefficient (Wildman–Crippen LogP) is 17.2. The molecule has 0 bridgehead atoms. The number of phenolic OH excluding ortho intramolecular Hbond substituents is 1. The Balaban J connectivity index is 1.44. The fraction of sp³-hybridized carbons (Fsp3) is 0.323. The van der Waals surface area contributed by atoms with Gasteiger partial charge in [-0.05, 0) is 146 Å². The minimum absolute atomic E-state index is 0.0786. The van der Waals surface area contributed by atoms with E-state index in [4.69, 9.17) is 14.1 Å². The summed E-state index contributed by atoms with van der Waals surface area (Å²) in [6.07, 6.45) is 1.77. The van der Waals surface area contributed by atoms with Gasteiger partial charge in [0.05, 0.1) is 28.0 Å². The molecule has 8 rings (SSSR count). The molecule has 0 spiro atoms. The third kappa shape index (κ3) is 8.87. The molecule has 1 N–H and O–H groups in total. The summed E-state index contributed by atoms with van der Waals surface area (Å²) < 4.78 is 62.3. The molecule has 0 saturated carbocycles. The molecule has 0 amide bonds. The first kappa shape index (κ1) is 37.9. The van der Waals surface area contributed by atoms with Crippen LogP contribution in [-0.2, 0) is 16.2 Å². The van der Waals surface area contributed by atoms with Crippen molar-refractivity contribution in [2.45, 2.75) is 132 Å². The molecule has 4 heteroatoms. The van der Waals surface area contributed by atoms with Crippen LogP contribution in [0.15, 0.2) is 128 Å². The van der Waals surface area contributed by atoms with Gasteiger partial charge in [0.15, 0.2) is 0 Å². The van der Waals surface area contributed by atoms with Crippen LogP contribution < -0.4 is 0 Å². The van der Waals surface area contributed by atoms with Crippen molar-refractivity contribution in [2.75, 3.05) is 0 Å². The second kappa shape index (κ2) is 17.2. The number of aryl methyl sites for hydroxylation is 2. The maximum Gasteiger partial charge on any atom is 0.149 e. The first-order valence-electron chi connectivity index (χ1n) is 26.7. The molecule has 338 valence electrons. The molecule has 6 aromatic carbocycles. The number of benzene rings is 6. The summed E-state index contributed by atoms with van der Waals surface area (Å²) in [5.41, 5.74) is 12.8. The zero-order chi connectivity index (χ0) is 53.5. The highest BCUT2D eigenvalue weighted by Crippen LogP contribution is 2.46. The van der Waals surface area contributed by atoms with Crippen molar-refractivity contribution in [1.29, 1.82) is 0 Å². The average Bonchev–Trinajstić information content (AvgIpc) is 3.68. The largest absolute Gasteiger partial charge is 0.507 e. The van der Waals surface area contributed by atoms with Gasteiger partial charge in [-0.25, -0.2) is 4.98 Å². The van der Waals surface area contributed by atoms with Crippen molar-refractivity contribution < 1.29 is 14.7 Å². The molecule has 0 atom stereocenters. The summed E-state index contributed by atoms with van der Waals surface area (Å²) in [6, 6.07) is 39.0. The van der Waals surface area contributed by atoms with E-state index in [1.165, 1.54) is 0 Å². The Hall–Kier alpha value is -6.26. The van der Waals surface area contributed by atoms with Gasteiger partial charge in [0.25, 0.3) is 0 Å². The summed E-state index contributed by atoms with van der Waals surface area (Å²) in [4.78, 5) is 10.4. The Labute approximate surface area is 404 Å². The highest BCUT2D eigenvalue weighted by atomic mass is 16.3. The Morgan fingerprint density at radius 2 is 1.26 bits per heavy atom. The maximum atomic E-state index is 12.6. The highest BCUT2D eigenvalue weighted by molar-refractivity contribution is 5.97. The van der Waals surface area contributed by atoms with Crippen LogP contribution in [0.5, 0.6) is 5.75 Å². The molecule has 0 aliphatic heterocycles. The van der Waals surface area contributed by atoms with Crippen LogP contribution in [0.4, 0.5) is 0 Å². The zero-order valence-corrected chi connectivity index (χ0v) is 41.0. The van der Waals surface area contributed by atoms with Crippen molar-refractivity contribution in [3.63, 3.8) is 0 Å². The lowest BCUT2D eigenvalue weighted by Crippen LogP contribution is -2.17. The van der Waals surface area contributed by atoms with Gasteiger partial charge in [0.2, 0.25) is 0 Å². The average molecular weight is 879 g/mol. The van der Waals surface area contributed by atoms with Gasteiger partial charge >= 0.3 is 0 Å². The minimum atomic E-state index is -2.60. The monoisotopic (exact) mass is 879 g/mol. The Bertz CT molecular complexity index is 3390. The van der Waals surface area contributed by atoms with Gasteiger partial charge in [0.1, 0.15) is 11.6 Å². The summed E-state index contributed by atoms with van der Waals surface area (Å²) in [6.45, 7) is 22.3. The van der Waals surface area contributed by atoms with Gasteiger partial charge in [-0.15, -0.1) is 0 Å². The van der Waals surface area contributed by atoms with Crippen LogP contribution in [0.2, 0.25) is 0 Å². The van der Waals surface area contributed by atoms with Crippen LogP contribution >= 0.6 is 0 Å². The van der Waals surface area contributed by atoms with Gasteiger partial charge in [-0.2, -0.15) is 0 Å². The first-order chi connectivity index (χ1) is 33.7. The van der Waals surface area contributed by atoms with Crippen LogP contribution in [0.3, 0.4) is 0 Å². The third-order valence-corrected chi connectivity index (χ3v) is 12.9. The van der Waals surface area contributed by atoms with E-state index >= 15 is 0 Å². The summed E-state index contributed by atoms with van der Waals surface area (Å²) in [7, 11) is 0. The molecule has 8 aromatic rings. The molecule has 2 heterocycles. The second-order valence-electron chi connectivity index (χ2n) is 21.6. The van der Waals surface area contributed by atoms with E-state index < -0.39 is 25.0 Å². The number of aromatic nitrogens is 3. The van der Waals surface area contributed by atoms with Crippen LogP contribution in [-0.4, -0.2) is 19.6 Å². The van der Waals surface area contributed by atoms with Crippen molar-refractivity contribution in [3.8, 4) is 67.5 Å². The lowest BCUT2D eigenvalue weighted by Gasteiger charge is -2.27. The normalized spacial score (nSPS) is 14.6. The van der Waals surface area contributed by atoms with E-state index in [-0.39, 0.29) is 33.6 Å². The lowest BCUT2D eigenvalue weighted by atomic mass is 9.79. The molecule has 4 nitrogen and oxygen atoms in total. The number of pyridine rings is 1. The summed E-state index contributed by atoms with van der Waals surface area (Å²) in [5.74, 6) is -0.390. The standard InChI is InChI=1S/C62H69N3O/c1-37(2)48-18-16-19-49(38(3)4)56(48)43-26-27-54(40(6)30-43)65-55-21-17-20-50(57(55)64-59(65)51-35-47(61(10,11)12)36-52(58(51)66)62(13,14)15)44-31-45(33-46(32-44)60(7,8)9)53-34-42(28-29-63-53)41-24-22-39(5)23-25-41/h16-38,66H,1-15H3/i5D3,6D3,37D. The van der Waals surface area contributed by atoms with E-state index in [0.29, 0.717) is 33.7 Å². The summed E-state index contributed by atoms with van der Waals surface area (Å²) >= 11 is 0. The van der Waals surface area contributed by atoms with Gasteiger partial charge in [0, 0.05) is 32.5 Å². The second-order valence-corrected chi connectivity index (χ2v) is 21.6. The molecule has 0 fully saturated rings. The number of hydrogen-bond acceptors (Lipinski definition) is 3.